The van der Waals surface area contributed by atoms with Crippen LogP contribution in [0.1, 0.15) is 45.4 Å². The van der Waals surface area contributed by atoms with Crippen molar-refractivity contribution in [3.8, 4) is 12.1 Å². The SMILES string of the molecule is CCCC1(C(=O)N(CCC#N)CCC#N)CCNCC1. The first-order valence-electron chi connectivity index (χ1n) is 7.44. The van der Waals surface area contributed by atoms with E-state index in [1.807, 2.05) is 0 Å². The quantitative estimate of drug-likeness (QED) is 0.769. The largest absolute Gasteiger partial charge is 0.340 e. The van der Waals surface area contributed by atoms with Crippen molar-refractivity contribution in [2.75, 3.05) is 26.2 Å². The van der Waals surface area contributed by atoms with E-state index in [-0.39, 0.29) is 11.3 Å². The summed E-state index contributed by atoms with van der Waals surface area (Å²) in [6.07, 6.45) is 4.25. The lowest BCUT2D eigenvalue weighted by molar-refractivity contribution is -0.144. The second-order valence-corrected chi connectivity index (χ2v) is 5.39. The Hall–Kier alpha value is -1.59. The lowest BCUT2D eigenvalue weighted by Gasteiger charge is -2.40. The highest BCUT2D eigenvalue weighted by atomic mass is 16.2. The van der Waals surface area contributed by atoms with Crippen LogP contribution in [0, 0.1) is 28.1 Å². The lowest BCUT2D eigenvalue weighted by Crippen LogP contribution is -2.49. The molecule has 0 aliphatic carbocycles. The Morgan fingerprint density at radius 1 is 1.20 bits per heavy atom. The molecular weight excluding hydrogens is 252 g/mol. The third-order valence-corrected chi connectivity index (χ3v) is 4.02. The number of nitrogens with one attached hydrogen (secondary N) is 1. The van der Waals surface area contributed by atoms with Crippen LogP contribution in [0.15, 0.2) is 0 Å². The van der Waals surface area contributed by atoms with E-state index in [9.17, 15) is 4.79 Å². The molecule has 1 aliphatic heterocycles. The average molecular weight is 276 g/mol. The Kier molecular flexibility index (Phi) is 7.04. The number of carbonyl (C=O) groups is 1. The predicted molar refractivity (Wildman–Crippen MR) is 76.5 cm³/mol. The first kappa shape index (κ1) is 16.5. The predicted octanol–water partition coefficient (Wildman–Crippen LogP) is 1.81. The Morgan fingerprint density at radius 2 is 1.75 bits per heavy atom. The van der Waals surface area contributed by atoms with Gasteiger partial charge in [-0.3, -0.25) is 4.79 Å². The zero-order chi connectivity index (χ0) is 14.8. The van der Waals surface area contributed by atoms with Crippen molar-refractivity contribution in [3.63, 3.8) is 0 Å². The highest BCUT2D eigenvalue weighted by Gasteiger charge is 2.40. The second kappa shape index (κ2) is 8.55. The maximum atomic E-state index is 12.9. The van der Waals surface area contributed by atoms with Crippen molar-refractivity contribution < 1.29 is 4.79 Å². The minimum atomic E-state index is -0.287. The summed E-state index contributed by atoms with van der Waals surface area (Å²) in [7, 11) is 0. The van der Waals surface area contributed by atoms with Gasteiger partial charge in [-0.2, -0.15) is 10.5 Å². The molecule has 0 aromatic carbocycles. The van der Waals surface area contributed by atoms with Gasteiger partial charge in [0.15, 0.2) is 0 Å². The van der Waals surface area contributed by atoms with Crippen LogP contribution >= 0.6 is 0 Å². The first-order valence-corrected chi connectivity index (χ1v) is 7.44. The van der Waals surface area contributed by atoms with E-state index in [2.05, 4.69) is 24.4 Å². The first-order chi connectivity index (χ1) is 9.70. The van der Waals surface area contributed by atoms with Gasteiger partial charge in [-0.1, -0.05) is 13.3 Å². The van der Waals surface area contributed by atoms with E-state index in [1.165, 1.54) is 0 Å². The zero-order valence-corrected chi connectivity index (χ0v) is 12.3. The molecular formula is C15H24N4O. The van der Waals surface area contributed by atoms with Gasteiger partial charge in [0.05, 0.1) is 30.4 Å². The Balaban J connectivity index is 2.82. The standard InChI is InChI=1S/C15H24N4O/c1-2-5-15(6-10-18-11-7-15)14(20)19(12-3-8-16)13-4-9-17/h18H,2-7,10-13H2,1H3. The minimum absolute atomic E-state index is 0.145. The fourth-order valence-electron chi connectivity index (χ4n) is 2.97. The van der Waals surface area contributed by atoms with Gasteiger partial charge in [0.25, 0.3) is 0 Å². The maximum absolute atomic E-state index is 12.9. The molecule has 1 rings (SSSR count). The summed E-state index contributed by atoms with van der Waals surface area (Å²) >= 11 is 0. The number of piperidine rings is 1. The molecule has 5 nitrogen and oxygen atoms in total. The summed E-state index contributed by atoms with van der Waals surface area (Å²) in [5, 5.41) is 20.8. The average Bonchev–Trinajstić information content (AvgIpc) is 2.48. The van der Waals surface area contributed by atoms with Gasteiger partial charge < -0.3 is 10.2 Å². The molecule has 1 amide bonds. The molecule has 0 unspecified atom stereocenters. The number of carbonyl (C=O) groups excluding carboxylic acids is 1. The molecule has 0 bridgehead atoms. The number of amides is 1. The van der Waals surface area contributed by atoms with Crippen molar-refractivity contribution in [1.82, 2.24) is 10.2 Å². The van der Waals surface area contributed by atoms with Gasteiger partial charge in [0, 0.05) is 13.1 Å². The molecule has 0 atom stereocenters. The molecule has 20 heavy (non-hydrogen) atoms. The molecule has 0 aromatic heterocycles. The van der Waals surface area contributed by atoms with Crippen molar-refractivity contribution in [2.24, 2.45) is 5.41 Å². The molecule has 1 aliphatic rings. The van der Waals surface area contributed by atoms with Crippen LogP contribution in [0.5, 0.6) is 0 Å². The molecule has 1 fully saturated rings. The van der Waals surface area contributed by atoms with Crippen molar-refractivity contribution >= 4 is 5.91 Å². The van der Waals surface area contributed by atoms with Gasteiger partial charge in [-0.25, -0.2) is 0 Å². The van der Waals surface area contributed by atoms with E-state index in [0.717, 1.165) is 38.8 Å². The van der Waals surface area contributed by atoms with Gasteiger partial charge in [-0.05, 0) is 32.4 Å². The van der Waals surface area contributed by atoms with E-state index in [4.69, 9.17) is 10.5 Å². The van der Waals surface area contributed by atoms with Crippen LogP contribution < -0.4 is 5.32 Å². The summed E-state index contributed by atoms with van der Waals surface area (Å²) < 4.78 is 0. The molecule has 0 aromatic rings. The summed E-state index contributed by atoms with van der Waals surface area (Å²) in [5.74, 6) is 0.145. The van der Waals surface area contributed by atoms with Crippen LogP contribution in [0.4, 0.5) is 0 Å². The third kappa shape index (κ3) is 4.21. The molecule has 5 heteroatoms. The van der Waals surface area contributed by atoms with Gasteiger partial charge in [0.2, 0.25) is 5.91 Å². The number of hydrogen-bond acceptors (Lipinski definition) is 4. The monoisotopic (exact) mass is 276 g/mol. The fraction of sp³-hybridized carbons (Fsp3) is 0.800. The van der Waals surface area contributed by atoms with E-state index in [1.54, 1.807) is 4.90 Å². The van der Waals surface area contributed by atoms with Crippen LogP contribution in [-0.4, -0.2) is 37.0 Å². The van der Waals surface area contributed by atoms with Crippen LogP contribution in [0.3, 0.4) is 0 Å². The topological polar surface area (TPSA) is 79.9 Å². The summed E-state index contributed by atoms with van der Waals surface area (Å²) in [6.45, 7) is 4.73. The van der Waals surface area contributed by atoms with Gasteiger partial charge >= 0.3 is 0 Å². The Morgan fingerprint density at radius 3 is 2.20 bits per heavy atom. The zero-order valence-electron chi connectivity index (χ0n) is 12.3. The van der Waals surface area contributed by atoms with Crippen LogP contribution in [-0.2, 0) is 4.79 Å². The summed E-state index contributed by atoms with van der Waals surface area (Å²) in [6, 6.07) is 4.18. The van der Waals surface area contributed by atoms with E-state index < -0.39 is 0 Å². The molecule has 0 radical (unpaired) electrons. The molecule has 1 heterocycles. The molecule has 0 saturated carbocycles. The molecule has 0 spiro atoms. The number of hydrogen-bond donors (Lipinski definition) is 1. The van der Waals surface area contributed by atoms with Crippen molar-refractivity contribution in [1.29, 1.82) is 10.5 Å². The van der Waals surface area contributed by atoms with Crippen LogP contribution in [0.2, 0.25) is 0 Å². The number of nitriles is 2. The van der Waals surface area contributed by atoms with Crippen molar-refractivity contribution in [2.45, 2.75) is 45.4 Å². The summed E-state index contributed by atoms with van der Waals surface area (Å²) in [4.78, 5) is 14.6. The second-order valence-electron chi connectivity index (χ2n) is 5.39. The molecule has 1 N–H and O–H groups in total. The molecule has 110 valence electrons. The fourth-order valence-corrected chi connectivity index (χ4v) is 2.97. The van der Waals surface area contributed by atoms with Crippen molar-refractivity contribution in [3.05, 3.63) is 0 Å². The van der Waals surface area contributed by atoms with Crippen LogP contribution in [0.25, 0.3) is 0 Å². The smallest absolute Gasteiger partial charge is 0.228 e. The lowest BCUT2D eigenvalue weighted by atomic mass is 9.74. The molecule has 1 saturated heterocycles. The third-order valence-electron chi connectivity index (χ3n) is 4.02. The van der Waals surface area contributed by atoms with Gasteiger partial charge in [-0.15, -0.1) is 0 Å². The Labute approximate surface area is 121 Å². The number of rotatable bonds is 7. The Bertz CT molecular complexity index is 364. The normalized spacial score (nSPS) is 16.9. The van der Waals surface area contributed by atoms with E-state index in [0.29, 0.717) is 25.9 Å². The minimum Gasteiger partial charge on any atom is -0.340 e. The summed E-state index contributed by atoms with van der Waals surface area (Å²) in [5.41, 5.74) is -0.287. The van der Waals surface area contributed by atoms with Gasteiger partial charge in [0.1, 0.15) is 0 Å². The van der Waals surface area contributed by atoms with E-state index >= 15 is 0 Å². The number of nitrogens with zero attached hydrogens (tertiary/aromatic N) is 3. The highest BCUT2D eigenvalue weighted by Crippen LogP contribution is 2.36. The highest BCUT2D eigenvalue weighted by molar-refractivity contribution is 5.83. The maximum Gasteiger partial charge on any atom is 0.228 e.